The lowest BCUT2D eigenvalue weighted by Gasteiger charge is -2.39. The zero-order valence-electron chi connectivity index (χ0n) is 15.3. The highest BCUT2D eigenvalue weighted by atomic mass is 35.5. The van der Waals surface area contributed by atoms with Gasteiger partial charge in [-0.15, -0.1) is 17.9 Å². The molecule has 1 aliphatic carbocycles. The number of rotatable bonds is 5. The Balaban J connectivity index is 1.47. The summed E-state index contributed by atoms with van der Waals surface area (Å²) >= 11 is 7.81. The molecule has 4 heterocycles. The first-order valence-electron chi connectivity index (χ1n) is 9.25. The minimum absolute atomic E-state index is 0.0262. The summed E-state index contributed by atoms with van der Waals surface area (Å²) in [5.41, 5.74) is 0.681. The van der Waals surface area contributed by atoms with Crippen molar-refractivity contribution in [3.63, 3.8) is 0 Å². The SMILES string of the molecule is C=C[C@H]1CCN1c1nc(N2CC3C(CC(=O)OC)C3C2=O)c2scc(Cl)c2n1. The van der Waals surface area contributed by atoms with Crippen LogP contribution in [0.25, 0.3) is 10.2 Å². The number of hydrogen-bond acceptors (Lipinski definition) is 7. The lowest BCUT2D eigenvalue weighted by atomic mass is 10.0. The molecule has 3 aliphatic rings. The lowest BCUT2D eigenvalue weighted by molar-refractivity contribution is -0.141. The third kappa shape index (κ3) is 2.54. The molecule has 146 valence electrons. The Kier molecular flexibility index (Phi) is 4.10. The van der Waals surface area contributed by atoms with E-state index < -0.39 is 0 Å². The zero-order chi connectivity index (χ0) is 19.6. The number of halogens is 1. The maximum atomic E-state index is 13.0. The van der Waals surface area contributed by atoms with Crippen molar-refractivity contribution in [2.45, 2.75) is 18.9 Å². The number of fused-ring (bicyclic) bond motifs is 2. The summed E-state index contributed by atoms with van der Waals surface area (Å²) < 4.78 is 5.57. The van der Waals surface area contributed by atoms with Crippen LogP contribution in [0.3, 0.4) is 0 Å². The molecule has 7 nitrogen and oxygen atoms in total. The van der Waals surface area contributed by atoms with Gasteiger partial charge in [-0.05, 0) is 18.3 Å². The topological polar surface area (TPSA) is 75.6 Å². The standard InChI is InChI=1S/C19H19ClN4O3S/c1-3-9-4-5-23(9)19-21-15-12(20)8-28-16(15)17(22-19)24-7-11-10(6-13(25)27-2)14(11)18(24)26/h3,8-11,14H,1,4-7H2,2H3/t9-,10?,11?,14?/m0/s1. The van der Waals surface area contributed by atoms with Gasteiger partial charge in [0.1, 0.15) is 5.52 Å². The first kappa shape index (κ1) is 17.9. The van der Waals surface area contributed by atoms with Gasteiger partial charge in [-0.25, -0.2) is 4.98 Å². The number of carbonyl (C=O) groups excluding carboxylic acids is 2. The van der Waals surface area contributed by atoms with Crippen LogP contribution in [0.2, 0.25) is 5.02 Å². The second-order valence-electron chi connectivity index (χ2n) is 7.48. The molecule has 1 amide bonds. The fourth-order valence-electron chi connectivity index (χ4n) is 4.36. The normalized spacial score (nSPS) is 28.3. The zero-order valence-corrected chi connectivity index (χ0v) is 16.9. The van der Waals surface area contributed by atoms with Crippen LogP contribution in [0.1, 0.15) is 12.8 Å². The number of anilines is 2. The van der Waals surface area contributed by atoms with E-state index in [4.69, 9.17) is 21.3 Å². The van der Waals surface area contributed by atoms with Crippen LogP contribution in [0.15, 0.2) is 18.0 Å². The van der Waals surface area contributed by atoms with Crippen molar-refractivity contribution in [2.24, 2.45) is 17.8 Å². The van der Waals surface area contributed by atoms with Gasteiger partial charge in [0.2, 0.25) is 11.9 Å². The Hall–Kier alpha value is -2.19. The van der Waals surface area contributed by atoms with Crippen molar-refractivity contribution in [3.8, 4) is 0 Å². The molecular formula is C19H19ClN4O3S. The van der Waals surface area contributed by atoms with E-state index in [1.54, 1.807) is 4.90 Å². The molecule has 0 N–H and O–H groups in total. The van der Waals surface area contributed by atoms with Gasteiger partial charge in [-0.1, -0.05) is 17.7 Å². The van der Waals surface area contributed by atoms with E-state index in [9.17, 15) is 9.59 Å². The van der Waals surface area contributed by atoms with Crippen LogP contribution < -0.4 is 9.80 Å². The van der Waals surface area contributed by atoms with Gasteiger partial charge in [0.05, 0.1) is 22.9 Å². The molecule has 2 saturated heterocycles. The van der Waals surface area contributed by atoms with Gasteiger partial charge >= 0.3 is 5.97 Å². The second kappa shape index (κ2) is 6.42. The number of carbonyl (C=O) groups is 2. The molecule has 1 saturated carbocycles. The van der Waals surface area contributed by atoms with E-state index in [0.717, 1.165) is 17.7 Å². The molecule has 4 atom stereocenters. The summed E-state index contributed by atoms with van der Waals surface area (Å²) in [6.45, 7) is 5.29. The number of thiophene rings is 1. The van der Waals surface area contributed by atoms with Crippen molar-refractivity contribution in [1.29, 1.82) is 0 Å². The summed E-state index contributed by atoms with van der Waals surface area (Å²) in [5.74, 6) is 1.12. The second-order valence-corrected chi connectivity index (χ2v) is 8.76. The predicted octanol–water partition coefficient (Wildman–Crippen LogP) is 2.88. The molecule has 28 heavy (non-hydrogen) atoms. The van der Waals surface area contributed by atoms with Crippen LogP contribution in [0, 0.1) is 17.8 Å². The summed E-state index contributed by atoms with van der Waals surface area (Å²) in [6.07, 6.45) is 3.20. The van der Waals surface area contributed by atoms with Crippen LogP contribution in [-0.4, -0.2) is 48.1 Å². The first-order valence-corrected chi connectivity index (χ1v) is 10.5. The first-order chi connectivity index (χ1) is 13.5. The number of nitrogens with zero attached hydrogens (tertiary/aromatic N) is 4. The molecule has 2 aromatic heterocycles. The fraction of sp³-hybridized carbons (Fsp3) is 0.474. The number of aromatic nitrogens is 2. The van der Waals surface area contributed by atoms with Gasteiger partial charge in [0, 0.05) is 30.8 Å². The highest BCUT2D eigenvalue weighted by Crippen LogP contribution is 2.56. The maximum absolute atomic E-state index is 13.0. The predicted molar refractivity (Wildman–Crippen MR) is 108 cm³/mol. The third-order valence-electron chi connectivity index (χ3n) is 6.10. The van der Waals surface area contributed by atoms with Crippen LogP contribution in [-0.2, 0) is 14.3 Å². The van der Waals surface area contributed by atoms with Gasteiger partial charge in [0.15, 0.2) is 5.82 Å². The van der Waals surface area contributed by atoms with Crippen LogP contribution in [0.4, 0.5) is 11.8 Å². The van der Waals surface area contributed by atoms with Crippen LogP contribution in [0.5, 0.6) is 0 Å². The highest BCUT2D eigenvalue weighted by molar-refractivity contribution is 7.18. The number of esters is 1. The molecule has 0 radical (unpaired) electrons. The number of ether oxygens (including phenoxy) is 1. The molecular weight excluding hydrogens is 400 g/mol. The molecule has 2 aromatic rings. The number of amides is 1. The maximum Gasteiger partial charge on any atom is 0.305 e. The summed E-state index contributed by atoms with van der Waals surface area (Å²) in [5, 5.41) is 2.40. The van der Waals surface area contributed by atoms with Crippen molar-refractivity contribution >= 4 is 56.8 Å². The average molecular weight is 419 g/mol. The van der Waals surface area contributed by atoms with E-state index in [1.807, 2.05) is 11.5 Å². The van der Waals surface area contributed by atoms with Crippen molar-refractivity contribution in [2.75, 3.05) is 30.0 Å². The Morgan fingerprint density at radius 1 is 1.50 bits per heavy atom. The number of hydrogen-bond donors (Lipinski definition) is 0. The number of piperidine rings is 1. The lowest BCUT2D eigenvalue weighted by Crippen LogP contribution is -2.47. The van der Waals surface area contributed by atoms with Gasteiger partial charge in [0.25, 0.3) is 0 Å². The van der Waals surface area contributed by atoms with E-state index in [0.29, 0.717) is 35.3 Å². The van der Waals surface area contributed by atoms with E-state index >= 15 is 0 Å². The highest BCUT2D eigenvalue weighted by Gasteiger charge is 2.62. The van der Waals surface area contributed by atoms with Gasteiger partial charge < -0.3 is 9.64 Å². The van der Waals surface area contributed by atoms with Crippen molar-refractivity contribution in [3.05, 3.63) is 23.1 Å². The fourth-order valence-corrected chi connectivity index (χ4v) is 5.55. The summed E-state index contributed by atoms with van der Waals surface area (Å²) in [6, 6.07) is 0.204. The summed E-state index contributed by atoms with van der Waals surface area (Å²) in [4.78, 5) is 37.8. The molecule has 0 bridgehead atoms. The van der Waals surface area contributed by atoms with Crippen LogP contribution >= 0.6 is 22.9 Å². The third-order valence-corrected chi connectivity index (χ3v) is 7.48. The Morgan fingerprint density at radius 2 is 2.32 bits per heavy atom. The molecule has 0 aromatic carbocycles. The molecule has 3 unspecified atom stereocenters. The molecule has 2 aliphatic heterocycles. The molecule has 0 spiro atoms. The average Bonchev–Trinajstić information content (AvgIpc) is 3.00. The minimum Gasteiger partial charge on any atom is -0.469 e. The van der Waals surface area contributed by atoms with Gasteiger partial charge in [-0.3, -0.25) is 14.5 Å². The van der Waals surface area contributed by atoms with Gasteiger partial charge in [-0.2, -0.15) is 4.98 Å². The smallest absolute Gasteiger partial charge is 0.305 e. The largest absolute Gasteiger partial charge is 0.469 e. The molecule has 5 rings (SSSR count). The minimum atomic E-state index is -0.260. The Bertz CT molecular complexity index is 1010. The monoisotopic (exact) mass is 418 g/mol. The summed E-state index contributed by atoms with van der Waals surface area (Å²) in [7, 11) is 1.38. The Morgan fingerprint density at radius 3 is 2.93 bits per heavy atom. The van der Waals surface area contributed by atoms with E-state index in [2.05, 4.69) is 16.5 Å². The molecule has 3 fully saturated rings. The van der Waals surface area contributed by atoms with Crippen molar-refractivity contribution < 1.29 is 14.3 Å². The van der Waals surface area contributed by atoms with E-state index in [1.165, 1.54) is 18.4 Å². The quantitative estimate of drug-likeness (QED) is 0.549. The number of methoxy groups -OCH3 is 1. The Labute approximate surface area is 170 Å². The van der Waals surface area contributed by atoms with Crippen molar-refractivity contribution in [1.82, 2.24) is 9.97 Å². The van der Waals surface area contributed by atoms with E-state index in [-0.39, 0.29) is 35.7 Å². The molecule has 9 heteroatoms.